The molecule has 0 bridgehead atoms. The third-order valence-electron chi connectivity index (χ3n) is 3.74. The molecular formula is C16H16N2O8S. The van der Waals surface area contributed by atoms with E-state index in [0.717, 1.165) is 24.3 Å². The van der Waals surface area contributed by atoms with Crippen molar-refractivity contribution in [1.29, 1.82) is 0 Å². The summed E-state index contributed by atoms with van der Waals surface area (Å²) in [5.74, 6) is -1.45. The largest absolute Gasteiger partial charge is 0.478 e. The molecule has 11 heteroatoms. The van der Waals surface area contributed by atoms with E-state index in [2.05, 4.69) is 4.72 Å². The van der Waals surface area contributed by atoms with Crippen LogP contribution in [0.1, 0.15) is 22.0 Å². The van der Waals surface area contributed by atoms with Crippen molar-refractivity contribution in [2.45, 2.75) is 17.0 Å². The van der Waals surface area contributed by atoms with E-state index in [1.54, 1.807) is 0 Å². The van der Waals surface area contributed by atoms with Crippen molar-refractivity contribution >= 4 is 21.7 Å². The van der Waals surface area contributed by atoms with Gasteiger partial charge in [-0.1, -0.05) is 12.1 Å². The maximum atomic E-state index is 12.5. The average Bonchev–Trinajstić information content (AvgIpc) is 2.65. The molecule has 4 N–H and O–H groups in total. The van der Waals surface area contributed by atoms with Crippen LogP contribution in [0.4, 0.5) is 5.69 Å². The van der Waals surface area contributed by atoms with Crippen LogP contribution in [0, 0.1) is 10.1 Å². The molecule has 2 atom stereocenters. The number of carbonyl (C=O) groups is 1. The second kappa shape index (κ2) is 8.22. The zero-order valence-corrected chi connectivity index (χ0v) is 14.5. The van der Waals surface area contributed by atoms with E-state index in [0.29, 0.717) is 0 Å². The molecule has 27 heavy (non-hydrogen) atoms. The molecule has 2 aromatic rings. The predicted molar refractivity (Wildman–Crippen MR) is 92.7 cm³/mol. The van der Waals surface area contributed by atoms with Gasteiger partial charge in [-0.2, -0.15) is 0 Å². The molecule has 0 saturated carbocycles. The number of aromatic carboxylic acids is 1. The van der Waals surface area contributed by atoms with E-state index in [-0.39, 0.29) is 11.3 Å². The highest BCUT2D eigenvalue weighted by Gasteiger charge is 2.29. The van der Waals surface area contributed by atoms with Crippen LogP contribution in [0.2, 0.25) is 0 Å². The molecule has 2 aromatic carbocycles. The zero-order chi connectivity index (χ0) is 20.2. The molecule has 0 unspecified atom stereocenters. The van der Waals surface area contributed by atoms with Gasteiger partial charge in [-0.25, -0.2) is 17.9 Å². The number of benzene rings is 2. The van der Waals surface area contributed by atoms with Crippen molar-refractivity contribution < 1.29 is 33.5 Å². The molecule has 0 aliphatic heterocycles. The molecule has 0 aliphatic carbocycles. The number of aliphatic hydroxyl groups is 2. The van der Waals surface area contributed by atoms with Crippen molar-refractivity contribution in [1.82, 2.24) is 4.72 Å². The van der Waals surface area contributed by atoms with Crippen molar-refractivity contribution in [3.63, 3.8) is 0 Å². The molecule has 10 nitrogen and oxygen atoms in total. The zero-order valence-electron chi connectivity index (χ0n) is 13.7. The Morgan fingerprint density at radius 2 is 1.74 bits per heavy atom. The lowest BCUT2D eigenvalue weighted by molar-refractivity contribution is -0.384. The maximum absolute atomic E-state index is 12.5. The average molecular weight is 396 g/mol. The van der Waals surface area contributed by atoms with Gasteiger partial charge < -0.3 is 15.3 Å². The third-order valence-corrected chi connectivity index (χ3v) is 5.28. The molecular weight excluding hydrogens is 380 g/mol. The summed E-state index contributed by atoms with van der Waals surface area (Å²) in [7, 11) is -4.38. The highest BCUT2D eigenvalue weighted by atomic mass is 32.2. The highest BCUT2D eigenvalue weighted by Crippen LogP contribution is 2.23. The second-order valence-electron chi connectivity index (χ2n) is 5.51. The first kappa shape index (κ1) is 20.5. The minimum absolute atomic E-state index is 0.133. The minimum atomic E-state index is -4.38. The number of rotatable bonds is 8. The number of hydrogen-bond acceptors (Lipinski definition) is 7. The van der Waals surface area contributed by atoms with Crippen LogP contribution in [0.5, 0.6) is 0 Å². The number of nitrogens with zero attached hydrogens (tertiary/aromatic N) is 1. The van der Waals surface area contributed by atoms with E-state index >= 15 is 0 Å². The Balaban J connectivity index is 2.30. The number of nitrogens with one attached hydrogen (secondary N) is 1. The Bertz CT molecular complexity index is 943. The Morgan fingerprint density at radius 1 is 1.15 bits per heavy atom. The lowest BCUT2D eigenvalue weighted by atomic mass is 10.0. The molecule has 0 saturated heterocycles. The topological polar surface area (TPSA) is 167 Å². The monoisotopic (exact) mass is 396 g/mol. The highest BCUT2D eigenvalue weighted by molar-refractivity contribution is 7.89. The van der Waals surface area contributed by atoms with Crippen LogP contribution >= 0.6 is 0 Å². The lowest BCUT2D eigenvalue weighted by Gasteiger charge is -2.22. The Morgan fingerprint density at radius 3 is 2.26 bits per heavy atom. The summed E-state index contributed by atoms with van der Waals surface area (Å²) in [6, 6.07) is 8.19. The van der Waals surface area contributed by atoms with Crippen molar-refractivity contribution in [2.75, 3.05) is 6.61 Å². The van der Waals surface area contributed by atoms with Crippen LogP contribution in [0.15, 0.2) is 53.4 Å². The first-order valence-electron chi connectivity index (χ1n) is 7.55. The van der Waals surface area contributed by atoms with Crippen molar-refractivity contribution in [3.05, 3.63) is 69.8 Å². The summed E-state index contributed by atoms with van der Waals surface area (Å²) in [5.41, 5.74) is -0.553. The van der Waals surface area contributed by atoms with Crippen molar-refractivity contribution in [3.8, 4) is 0 Å². The molecule has 0 aromatic heterocycles. The van der Waals surface area contributed by atoms with E-state index in [1.807, 2.05) is 0 Å². The number of aliphatic hydroxyl groups excluding tert-OH is 2. The second-order valence-corrected chi connectivity index (χ2v) is 7.19. The molecule has 0 fully saturated rings. The Kier molecular flexibility index (Phi) is 6.23. The van der Waals surface area contributed by atoms with Gasteiger partial charge in [-0.05, 0) is 29.8 Å². The maximum Gasteiger partial charge on any atom is 0.337 e. The number of carboxylic acid groups (broad SMARTS) is 1. The third kappa shape index (κ3) is 4.65. The fourth-order valence-electron chi connectivity index (χ4n) is 2.37. The van der Waals surface area contributed by atoms with E-state index in [1.165, 1.54) is 24.3 Å². The Labute approximate surface area is 153 Å². The molecule has 2 rings (SSSR count). The fraction of sp³-hybridized carbons (Fsp3) is 0.188. The molecule has 0 aliphatic rings. The summed E-state index contributed by atoms with van der Waals surface area (Å²) in [6.07, 6.45) is -1.53. The van der Waals surface area contributed by atoms with E-state index < -0.39 is 50.1 Å². The number of hydrogen-bond donors (Lipinski definition) is 4. The summed E-state index contributed by atoms with van der Waals surface area (Å²) in [6.45, 7) is -0.799. The SMILES string of the molecule is O=C(O)c1ccccc1S(=O)(=O)N[C@H](CO)[C@@H](O)c1ccc([N+](=O)[O-])cc1. The molecule has 0 spiro atoms. The van der Waals surface area contributed by atoms with Crippen LogP contribution in [0.25, 0.3) is 0 Å². The summed E-state index contributed by atoms with van der Waals surface area (Å²) < 4.78 is 27.1. The summed E-state index contributed by atoms with van der Waals surface area (Å²) >= 11 is 0. The van der Waals surface area contributed by atoms with Crippen LogP contribution < -0.4 is 4.72 Å². The standard InChI is InChI=1S/C16H16N2O8S/c19-9-13(15(20)10-5-7-11(8-6-10)18(23)24)17-27(25,26)14-4-2-1-3-12(14)16(21)22/h1-8,13,15,17,19-20H,9H2,(H,21,22)/t13-,15+/m1/s1. The van der Waals surface area contributed by atoms with E-state index in [9.17, 15) is 33.5 Å². The van der Waals surface area contributed by atoms with Gasteiger partial charge in [-0.15, -0.1) is 0 Å². The first-order valence-corrected chi connectivity index (χ1v) is 9.03. The number of nitro benzene ring substituents is 1. The molecule has 144 valence electrons. The van der Waals surface area contributed by atoms with Gasteiger partial charge in [0, 0.05) is 12.1 Å². The van der Waals surface area contributed by atoms with Crippen LogP contribution in [-0.4, -0.2) is 47.3 Å². The Hall–Kier alpha value is -2.86. The van der Waals surface area contributed by atoms with Gasteiger partial charge in [0.25, 0.3) is 5.69 Å². The van der Waals surface area contributed by atoms with Gasteiger partial charge in [-0.3, -0.25) is 10.1 Å². The number of carboxylic acids is 1. The molecule has 0 amide bonds. The van der Waals surface area contributed by atoms with Gasteiger partial charge in [0.1, 0.15) is 0 Å². The fourth-order valence-corrected chi connectivity index (χ4v) is 3.80. The number of nitro groups is 1. The quantitative estimate of drug-likeness (QED) is 0.373. The van der Waals surface area contributed by atoms with Crippen LogP contribution in [0.3, 0.4) is 0 Å². The normalized spacial score (nSPS) is 13.7. The van der Waals surface area contributed by atoms with Gasteiger partial charge in [0.05, 0.1) is 34.1 Å². The van der Waals surface area contributed by atoms with E-state index in [4.69, 9.17) is 5.11 Å². The number of non-ortho nitro benzene ring substituents is 1. The first-order chi connectivity index (χ1) is 12.7. The molecule has 0 heterocycles. The predicted octanol–water partition coefficient (Wildman–Crippen LogP) is 0.666. The van der Waals surface area contributed by atoms with Crippen LogP contribution in [-0.2, 0) is 10.0 Å². The van der Waals surface area contributed by atoms with Crippen molar-refractivity contribution in [2.24, 2.45) is 0 Å². The summed E-state index contributed by atoms with van der Waals surface area (Å²) in [4.78, 5) is 20.7. The van der Waals surface area contributed by atoms with Gasteiger partial charge in [0.2, 0.25) is 10.0 Å². The van der Waals surface area contributed by atoms with Gasteiger partial charge in [0.15, 0.2) is 0 Å². The molecule has 0 radical (unpaired) electrons. The lowest BCUT2D eigenvalue weighted by Crippen LogP contribution is -2.42. The summed E-state index contributed by atoms with van der Waals surface area (Å²) in [5, 5.41) is 39.6. The number of sulfonamides is 1. The minimum Gasteiger partial charge on any atom is -0.478 e. The smallest absolute Gasteiger partial charge is 0.337 e. The van der Waals surface area contributed by atoms with Gasteiger partial charge >= 0.3 is 5.97 Å².